The second-order valence-corrected chi connectivity index (χ2v) is 5.83. The van der Waals surface area contributed by atoms with E-state index in [1.54, 1.807) is 11.9 Å². The van der Waals surface area contributed by atoms with Crippen LogP contribution in [0.2, 0.25) is 0 Å². The first-order valence-electron chi connectivity index (χ1n) is 7.00. The standard InChI is InChI=1S/C14H24N4O2/c1-11-7-13(20-15-11)9-17(4)14(19)10-18-6-5-12(8-18)16(2)3/h7,12H,5-6,8-10H2,1-4H3. The predicted molar refractivity (Wildman–Crippen MR) is 76.2 cm³/mol. The normalized spacial score (nSPS) is 19.8. The third-order valence-corrected chi connectivity index (χ3v) is 3.83. The van der Waals surface area contributed by atoms with Crippen molar-refractivity contribution in [3.8, 4) is 0 Å². The number of hydrogen-bond acceptors (Lipinski definition) is 5. The highest BCUT2D eigenvalue weighted by Gasteiger charge is 2.26. The van der Waals surface area contributed by atoms with Gasteiger partial charge in [-0.1, -0.05) is 5.16 Å². The molecule has 20 heavy (non-hydrogen) atoms. The Bertz CT molecular complexity index is 458. The lowest BCUT2D eigenvalue weighted by Crippen LogP contribution is -2.38. The van der Waals surface area contributed by atoms with E-state index in [1.807, 2.05) is 13.0 Å². The minimum absolute atomic E-state index is 0.124. The SMILES string of the molecule is Cc1cc(CN(C)C(=O)CN2CCC(N(C)C)C2)on1. The highest BCUT2D eigenvalue weighted by molar-refractivity contribution is 5.77. The number of carbonyl (C=O) groups is 1. The first-order chi connectivity index (χ1) is 9.45. The first-order valence-corrected chi connectivity index (χ1v) is 7.00. The Morgan fingerprint density at radius 3 is 2.80 bits per heavy atom. The van der Waals surface area contributed by atoms with Gasteiger partial charge in [0, 0.05) is 32.2 Å². The van der Waals surface area contributed by atoms with Crippen molar-refractivity contribution in [1.29, 1.82) is 0 Å². The number of aromatic nitrogens is 1. The second kappa shape index (κ2) is 6.37. The van der Waals surface area contributed by atoms with E-state index in [4.69, 9.17) is 4.52 Å². The molecule has 0 aromatic carbocycles. The van der Waals surface area contributed by atoms with Gasteiger partial charge >= 0.3 is 0 Å². The highest BCUT2D eigenvalue weighted by atomic mass is 16.5. The van der Waals surface area contributed by atoms with Crippen LogP contribution in [-0.4, -0.2) is 72.6 Å². The molecular weight excluding hydrogens is 256 g/mol. The minimum atomic E-state index is 0.124. The van der Waals surface area contributed by atoms with Crippen molar-refractivity contribution in [3.05, 3.63) is 17.5 Å². The summed E-state index contributed by atoms with van der Waals surface area (Å²) in [5.41, 5.74) is 0.842. The molecular formula is C14H24N4O2. The third kappa shape index (κ3) is 3.80. The summed E-state index contributed by atoms with van der Waals surface area (Å²) >= 11 is 0. The van der Waals surface area contributed by atoms with Gasteiger partial charge in [0.25, 0.3) is 0 Å². The van der Waals surface area contributed by atoms with Gasteiger partial charge in [0.2, 0.25) is 5.91 Å². The Morgan fingerprint density at radius 1 is 1.50 bits per heavy atom. The summed E-state index contributed by atoms with van der Waals surface area (Å²) in [7, 11) is 5.99. The van der Waals surface area contributed by atoms with Crippen LogP contribution in [0, 0.1) is 6.92 Å². The quantitative estimate of drug-likeness (QED) is 0.789. The summed E-state index contributed by atoms with van der Waals surface area (Å²) in [4.78, 5) is 18.3. The number of hydrogen-bond donors (Lipinski definition) is 0. The van der Waals surface area contributed by atoms with Gasteiger partial charge in [-0.2, -0.15) is 0 Å². The molecule has 1 aromatic heterocycles. The molecule has 2 heterocycles. The molecule has 0 aliphatic carbocycles. The van der Waals surface area contributed by atoms with Crippen LogP contribution in [0.15, 0.2) is 10.6 Å². The van der Waals surface area contributed by atoms with Gasteiger partial charge < -0.3 is 14.3 Å². The van der Waals surface area contributed by atoms with E-state index < -0.39 is 0 Å². The monoisotopic (exact) mass is 280 g/mol. The maximum atomic E-state index is 12.2. The summed E-state index contributed by atoms with van der Waals surface area (Å²) in [6.45, 7) is 4.79. The maximum absolute atomic E-state index is 12.2. The van der Waals surface area contributed by atoms with E-state index in [2.05, 4.69) is 29.1 Å². The van der Waals surface area contributed by atoms with E-state index in [-0.39, 0.29) is 5.91 Å². The van der Waals surface area contributed by atoms with Crippen molar-refractivity contribution < 1.29 is 9.32 Å². The molecule has 1 atom stereocenters. The molecule has 6 heteroatoms. The highest BCUT2D eigenvalue weighted by Crippen LogP contribution is 2.13. The van der Waals surface area contributed by atoms with Crippen molar-refractivity contribution in [2.45, 2.75) is 25.9 Å². The Morgan fingerprint density at radius 2 is 2.25 bits per heavy atom. The van der Waals surface area contributed by atoms with Crippen molar-refractivity contribution in [3.63, 3.8) is 0 Å². The van der Waals surface area contributed by atoms with E-state index >= 15 is 0 Å². The molecule has 1 aliphatic rings. The molecule has 0 radical (unpaired) electrons. The fraction of sp³-hybridized carbons (Fsp3) is 0.714. The smallest absolute Gasteiger partial charge is 0.236 e. The zero-order valence-corrected chi connectivity index (χ0v) is 12.8. The fourth-order valence-corrected chi connectivity index (χ4v) is 2.50. The summed E-state index contributed by atoms with van der Waals surface area (Å²) in [6.07, 6.45) is 1.13. The lowest BCUT2D eigenvalue weighted by atomic mass is 10.2. The lowest BCUT2D eigenvalue weighted by Gasteiger charge is -2.22. The van der Waals surface area contributed by atoms with Gasteiger partial charge in [-0.05, 0) is 27.4 Å². The van der Waals surface area contributed by atoms with Gasteiger partial charge in [0.15, 0.2) is 5.76 Å². The maximum Gasteiger partial charge on any atom is 0.236 e. The predicted octanol–water partition coefficient (Wildman–Crippen LogP) is 0.577. The zero-order chi connectivity index (χ0) is 14.7. The molecule has 1 unspecified atom stereocenters. The van der Waals surface area contributed by atoms with Gasteiger partial charge in [-0.15, -0.1) is 0 Å². The summed E-state index contributed by atoms with van der Waals surface area (Å²) in [5, 5.41) is 3.83. The molecule has 112 valence electrons. The van der Waals surface area contributed by atoms with Crippen molar-refractivity contribution in [2.24, 2.45) is 0 Å². The topological polar surface area (TPSA) is 52.8 Å². The van der Waals surface area contributed by atoms with Crippen molar-refractivity contribution in [2.75, 3.05) is 40.8 Å². The van der Waals surface area contributed by atoms with Crippen LogP contribution in [0.3, 0.4) is 0 Å². The van der Waals surface area contributed by atoms with E-state index in [0.29, 0.717) is 19.1 Å². The Balaban J connectivity index is 1.80. The minimum Gasteiger partial charge on any atom is -0.359 e. The summed E-state index contributed by atoms with van der Waals surface area (Å²) in [5.74, 6) is 0.851. The van der Waals surface area contributed by atoms with Crippen LogP contribution in [0.5, 0.6) is 0 Å². The first kappa shape index (κ1) is 15.0. The molecule has 0 bridgehead atoms. The van der Waals surface area contributed by atoms with Crippen molar-refractivity contribution >= 4 is 5.91 Å². The number of likely N-dealkylation sites (N-methyl/N-ethyl adjacent to an activating group) is 2. The second-order valence-electron chi connectivity index (χ2n) is 5.83. The zero-order valence-electron chi connectivity index (χ0n) is 12.8. The van der Waals surface area contributed by atoms with E-state index in [9.17, 15) is 4.79 Å². The molecule has 1 fully saturated rings. The van der Waals surface area contributed by atoms with Crippen LogP contribution in [0.4, 0.5) is 0 Å². The average molecular weight is 280 g/mol. The molecule has 1 saturated heterocycles. The number of rotatable bonds is 5. The Hall–Kier alpha value is -1.40. The lowest BCUT2D eigenvalue weighted by molar-refractivity contribution is -0.131. The number of nitrogens with zero attached hydrogens (tertiary/aromatic N) is 4. The van der Waals surface area contributed by atoms with Crippen LogP contribution in [0.1, 0.15) is 17.9 Å². The van der Waals surface area contributed by atoms with Crippen LogP contribution < -0.4 is 0 Å². The van der Waals surface area contributed by atoms with E-state index in [0.717, 1.165) is 31.0 Å². The third-order valence-electron chi connectivity index (χ3n) is 3.83. The Kier molecular flexibility index (Phi) is 4.77. The molecule has 1 amide bonds. The molecule has 6 nitrogen and oxygen atoms in total. The molecule has 1 aliphatic heterocycles. The molecule has 0 saturated carbocycles. The van der Waals surface area contributed by atoms with Gasteiger partial charge in [-0.3, -0.25) is 9.69 Å². The molecule has 0 spiro atoms. The molecule has 2 rings (SSSR count). The van der Waals surface area contributed by atoms with Gasteiger partial charge in [-0.25, -0.2) is 0 Å². The average Bonchev–Trinajstić information content (AvgIpc) is 2.98. The summed E-state index contributed by atoms with van der Waals surface area (Å²) in [6, 6.07) is 2.42. The number of aryl methyl sites for hydroxylation is 1. The van der Waals surface area contributed by atoms with Crippen LogP contribution in [-0.2, 0) is 11.3 Å². The molecule has 0 N–H and O–H groups in total. The van der Waals surface area contributed by atoms with Crippen LogP contribution in [0.25, 0.3) is 0 Å². The number of amides is 1. The fourth-order valence-electron chi connectivity index (χ4n) is 2.50. The largest absolute Gasteiger partial charge is 0.359 e. The Labute approximate surface area is 120 Å². The number of carbonyl (C=O) groups excluding carboxylic acids is 1. The number of likely N-dealkylation sites (tertiary alicyclic amines) is 1. The van der Waals surface area contributed by atoms with Gasteiger partial charge in [0.05, 0.1) is 18.8 Å². The van der Waals surface area contributed by atoms with Crippen LogP contribution >= 0.6 is 0 Å². The van der Waals surface area contributed by atoms with E-state index in [1.165, 1.54) is 0 Å². The summed E-state index contributed by atoms with van der Waals surface area (Å²) < 4.78 is 5.14. The van der Waals surface area contributed by atoms with Gasteiger partial charge in [0.1, 0.15) is 0 Å². The molecule has 1 aromatic rings. The van der Waals surface area contributed by atoms with Crippen molar-refractivity contribution in [1.82, 2.24) is 19.9 Å².